The average Bonchev–Trinajstić information content (AvgIpc) is 2.62. The molecule has 0 aliphatic carbocycles. The van der Waals surface area contributed by atoms with Gasteiger partial charge in [0.05, 0.1) is 18.5 Å². The van der Waals surface area contributed by atoms with Crippen molar-refractivity contribution in [3.05, 3.63) is 0 Å². The van der Waals surface area contributed by atoms with Gasteiger partial charge < -0.3 is 11.5 Å². The molecule has 1 rings (SSSR count). The fourth-order valence-corrected chi connectivity index (χ4v) is 1.93. The summed E-state index contributed by atoms with van der Waals surface area (Å²) in [6, 6.07) is -0.770. The van der Waals surface area contributed by atoms with Gasteiger partial charge in [0, 0.05) is 6.54 Å². The number of likely N-dealkylation sites (tertiary alicyclic amines) is 1. The highest BCUT2D eigenvalue weighted by molar-refractivity contribution is 5.80. The van der Waals surface area contributed by atoms with Crippen LogP contribution in [-0.4, -0.2) is 35.3 Å². The van der Waals surface area contributed by atoms with Crippen molar-refractivity contribution in [1.82, 2.24) is 4.90 Å². The second-order valence-corrected chi connectivity index (χ2v) is 3.65. The molecule has 1 heterocycles. The van der Waals surface area contributed by atoms with Crippen LogP contribution in [0.15, 0.2) is 0 Å². The number of amides is 2. The lowest BCUT2D eigenvalue weighted by Gasteiger charge is -2.26. The van der Waals surface area contributed by atoms with Crippen LogP contribution in [0, 0.1) is 12.3 Å². The summed E-state index contributed by atoms with van der Waals surface area (Å²) in [6.07, 6.45) is 6.95. The van der Waals surface area contributed by atoms with Gasteiger partial charge in [-0.05, 0) is 12.8 Å². The Morgan fingerprint density at radius 2 is 2.20 bits per heavy atom. The van der Waals surface area contributed by atoms with Crippen molar-refractivity contribution in [1.29, 1.82) is 0 Å². The molecule has 2 atom stereocenters. The number of hydrogen-bond acceptors (Lipinski definition) is 3. The van der Waals surface area contributed by atoms with E-state index in [1.165, 1.54) is 0 Å². The fourth-order valence-electron chi connectivity index (χ4n) is 1.93. The molecular weight excluding hydrogens is 194 g/mol. The van der Waals surface area contributed by atoms with Crippen LogP contribution in [0.25, 0.3) is 0 Å². The number of carbonyl (C=O) groups excluding carboxylic acids is 2. The third-order valence-electron chi connectivity index (χ3n) is 2.61. The van der Waals surface area contributed by atoms with Gasteiger partial charge in [0.1, 0.15) is 0 Å². The molecule has 2 unspecified atom stereocenters. The minimum absolute atomic E-state index is 0.0697. The van der Waals surface area contributed by atoms with Crippen molar-refractivity contribution < 1.29 is 9.59 Å². The monoisotopic (exact) mass is 209 g/mol. The Hall–Kier alpha value is -1.54. The molecule has 4 N–H and O–H groups in total. The van der Waals surface area contributed by atoms with Crippen LogP contribution in [0.3, 0.4) is 0 Å². The zero-order chi connectivity index (χ0) is 11.4. The predicted molar refractivity (Wildman–Crippen MR) is 55.4 cm³/mol. The number of nitrogens with zero attached hydrogens (tertiary/aromatic N) is 1. The summed E-state index contributed by atoms with van der Waals surface area (Å²) in [4.78, 5) is 23.7. The van der Waals surface area contributed by atoms with Crippen molar-refractivity contribution in [2.24, 2.45) is 11.5 Å². The number of rotatable bonds is 4. The first-order valence-electron chi connectivity index (χ1n) is 4.85. The third-order valence-corrected chi connectivity index (χ3v) is 2.61. The maximum Gasteiger partial charge on any atom is 0.234 e. The lowest BCUT2D eigenvalue weighted by molar-refractivity contribution is -0.124. The Balaban J connectivity index is 2.71. The number of hydrogen-bond donors (Lipinski definition) is 2. The minimum atomic E-state index is -0.465. The lowest BCUT2D eigenvalue weighted by Crippen LogP contribution is -2.46. The number of terminal acetylenes is 1. The average molecular weight is 209 g/mol. The molecule has 1 saturated heterocycles. The van der Waals surface area contributed by atoms with Crippen molar-refractivity contribution in [2.45, 2.75) is 31.3 Å². The summed E-state index contributed by atoms with van der Waals surface area (Å²) < 4.78 is 0. The van der Waals surface area contributed by atoms with Gasteiger partial charge >= 0.3 is 0 Å². The second-order valence-electron chi connectivity index (χ2n) is 3.65. The van der Waals surface area contributed by atoms with Gasteiger partial charge in [-0.3, -0.25) is 14.5 Å². The molecule has 0 aromatic carbocycles. The summed E-state index contributed by atoms with van der Waals surface area (Å²) >= 11 is 0. The maximum absolute atomic E-state index is 11.1. The van der Waals surface area contributed by atoms with E-state index >= 15 is 0 Å². The summed E-state index contributed by atoms with van der Waals surface area (Å²) in [5, 5.41) is 0. The molecule has 5 heteroatoms. The molecule has 0 aromatic rings. The fraction of sp³-hybridized carbons (Fsp3) is 0.600. The summed E-state index contributed by atoms with van der Waals surface area (Å²) in [5.41, 5.74) is 10.3. The molecule has 1 fully saturated rings. The Bertz CT molecular complexity index is 308. The first-order valence-corrected chi connectivity index (χ1v) is 4.85. The van der Waals surface area contributed by atoms with E-state index in [-0.39, 0.29) is 12.5 Å². The summed E-state index contributed by atoms with van der Waals surface area (Å²) in [5.74, 6) is 1.62. The molecule has 15 heavy (non-hydrogen) atoms. The molecule has 1 aliphatic heterocycles. The smallest absolute Gasteiger partial charge is 0.234 e. The van der Waals surface area contributed by atoms with Crippen molar-refractivity contribution in [3.63, 3.8) is 0 Å². The number of nitrogens with two attached hydrogens (primary N) is 2. The van der Waals surface area contributed by atoms with Gasteiger partial charge in [0.15, 0.2) is 0 Å². The lowest BCUT2D eigenvalue weighted by atomic mass is 10.1. The van der Waals surface area contributed by atoms with E-state index in [0.29, 0.717) is 13.0 Å². The van der Waals surface area contributed by atoms with Gasteiger partial charge in [-0.2, -0.15) is 0 Å². The van der Waals surface area contributed by atoms with E-state index in [0.717, 1.165) is 6.42 Å². The van der Waals surface area contributed by atoms with Crippen LogP contribution in [0.4, 0.5) is 0 Å². The highest BCUT2D eigenvalue weighted by atomic mass is 16.1. The standard InChI is InChI=1S/C10H15N3O2/c1-2-7(6-9(11)14)13-5-3-4-8(13)10(12)15/h1,7-8H,3-6H2,(H2,11,14)(H2,12,15). The summed E-state index contributed by atoms with van der Waals surface area (Å²) in [6.45, 7) is 0.690. The molecule has 0 spiro atoms. The van der Waals surface area contributed by atoms with E-state index in [2.05, 4.69) is 5.92 Å². The van der Waals surface area contributed by atoms with Crippen molar-refractivity contribution in [2.75, 3.05) is 6.54 Å². The van der Waals surface area contributed by atoms with E-state index < -0.39 is 17.9 Å². The van der Waals surface area contributed by atoms with Crippen LogP contribution in [0.5, 0.6) is 0 Å². The zero-order valence-electron chi connectivity index (χ0n) is 8.48. The first-order chi connectivity index (χ1) is 7.06. The topological polar surface area (TPSA) is 89.4 Å². The predicted octanol–water partition coefficient (Wildman–Crippen LogP) is -1.19. The highest BCUT2D eigenvalue weighted by Gasteiger charge is 2.33. The molecule has 0 aromatic heterocycles. The Morgan fingerprint density at radius 3 is 2.67 bits per heavy atom. The number of primary amides is 2. The molecule has 82 valence electrons. The zero-order valence-corrected chi connectivity index (χ0v) is 8.48. The largest absolute Gasteiger partial charge is 0.370 e. The third kappa shape index (κ3) is 2.70. The Morgan fingerprint density at radius 1 is 1.53 bits per heavy atom. The molecular formula is C10H15N3O2. The van der Waals surface area contributed by atoms with Gasteiger partial charge in [-0.15, -0.1) is 6.42 Å². The summed E-state index contributed by atoms with van der Waals surface area (Å²) in [7, 11) is 0. The number of carbonyl (C=O) groups is 2. The quantitative estimate of drug-likeness (QED) is 0.571. The first kappa shape index (κ1) is 11.5. The molecule has 0 saturated carbocycles. The van der Waals surface area contributed by atoms with Crippen molar-refractivity contribution in [3.8, 4) is 12.3 Å². The van der Waals surface area contributed by atoms with Gasteiger partial charge in [-0.25, -0.2) is 0 Å². The minimum Gasteiger partial charge on any atom is -0.370 e. The van der Waals surface area contributed by atoms with Gasteiger partial charge in [0.25, 0.3) is 0 Å². The SMILES string of the molecule is C#CC(CC(N)=O)N1CCCC1C(N)=O. The van der Waals surface area contributed by atoms with Crippen LogP contribution in [-0.2, 0) is 9.59 Å². The van der Waals surface area contributed by atoms with Gasteiger partial charge in [0.2, 0.25) is 11.8 Å². The van der Waals surface area contributed by atoms with E-state index in [9.17, 15) is 9.59 Å². The normalized spacial score (nSPS) is 23.3. The van der Waals surface area contributed by atoms with E-state index in [1.54, 1.807) is 4.90 Å². The Labute approximate surface area is 88.8 Å². The molecule has 0 bridgehead atoms. The van der Waals surface area contributed by atoms with Crippen molar-refractivity contribution >= 4 is 11.8 Å². The molecule has 0 radical (unpaired) electrons. The van der Waals surface area contributed by atoms with Gasteiger partial charge in [-0.1, -0.05) is 5.92 Å². The maximum atomic E-state index is 11.1. The molecule has 1 aliphatic rings. The van der Waals surface area contributed by atoms with Crippen LogP contribution >= 0.6 is 0 Å². The van der Waals surface area contributed by atoms with E-state index in [1.807, 2.05) is 0 Å². The van der Waals surface area contributed by atoms with Crippen LogP contribution in [0.2, 0.25) is 0 Å². The van der Waals surface area contributed by atoms with Crippen LogP contribution < -0.4 is 11.5 Å². The second kappa shape index (κ2) is 4.80. The molecule has 5 nitrogen and oxygen atoms in total. The highest BCUT2D eigenvalue weighted by Crippen LogP contribution is 2.20. The van der Waals surface area contributed by atoms with Crippen LogP contribution in [0.1, 0.15) is 19.3 Å². The Kier molecular flexibility index (Phi) is 3.69. The molecule has 2 amide bonds. The van der Waals surface area contributed by atoms with E-state index in [4.69, 9.17) is 17.9 Å².